The number of halogens is 1. The zero-order valence-corrected chi connectivity index (χ0v) is 10.0. The number of para-hydroxylation sites is 1. The van der Waals surface area contributed by atoms with E-state index in [-0.39, 0.29) is 12.4 Å². The van der Waals surface area contributed by atoms with Gasteiger partial charge in [0.2, 0.25) is 0 Å². The first-order chi connectivity index (χ1) is 7.68. The molecule has 0 amide bonds. The molecule has 2 rings (SSSR count). The second-order valence-electron chi connectivity index (χ2n) is 3.84. The summed E-state index contributed by atoms with van der Waals surface area (Å²) in [5.74, 6) is -0.945. The van der Waals surface area contributed by atoms with Gasteiger partial charge in [-0.2, -0.15) is 0 Å². The number of aromatic nitrogens is 1. The molecule has 0 fully saturated rings. The zero-order valence-electron chi connectivity index (χ0n) is 9.22. The number of nitrogens with one attached hydrogen (secondary N) is 1. The fourth-order valence-corrected chi connectivity index (χ4v) is 1.77. The molecule has 0 radical (unpaired) electrons. The molecule has 0 saturated carbocycles. The van der Waals surface area contributed by atoms with Crippen molar-refractivity contribution in [1.82, 2.24) is 4.98 Å². The highest BCUT2D eigenvalue weighted by Gasteiger charge is 2.12. The molecule has 4 nitrogen and oxygen atoms in total. The second kappa shape index (κ2) is 5.70. The summed E-state index contributed by atoms with van der Waals surface area (Å²) in [5, 5.41) is 9.83. The molecule has 1 atom stereocenters. The third-order valence-corrected chi connectivity index (χ3v) is 2.72. The van der Waals surface area contributed by atoms with E-state index >= 15 is 0 Å². The second-order valence-corrected chi connectivity index (χ2v) is 3.84. The van der Waals surface area contributed by atoms with Crippen LogP contribution in [0, 0.1) is 0 Å². The van der Waals surface area contributed by atoms with Crippen molar-refractivity contribution >= 4 is 29.3 Å². The third kappa shape index (κ3) is 2.99. The van der Waals surface area contributed by atoms with E-state index in [0.717, 1.165) is 16.5 Å². The fraction of sp³-hybridized carbons (Fsp3) is 0.250. The minimum Gasteiger partial charge on any atom is -0.480 e. The summed E-state index contributed by atoms with van der Waals surface area (Å²) in [4.78, 5) is 13.7. The molecular formula is C12H15ClN2O2. The quantitative estimate of drug-likeness (QED) is 0.780. The fourth-order valence-electron chi connectivity index (χ4n) is 1.77. The van der Waals surface area contributed by atoms with Gasteiger partial charge in [0, 0.05) is 17.1 Å². The van der Waals surface area contributed by atoms with Crippen LogP contribution in [-0.4, -0.2) is 22.1 Å². The number of carbonyl (C=O) groups is 1. The predicted octanol–water partition coefficient (Wildman–Crippen LogP) is 1.93. The summed E-state index contributed by atoms with van der Waals surface area (Å²) < 4.78 is 0. The Bertz CT molecular complexity index is 510. The van der Waals surface area contributed by atoms with Crippen LogP contribution in [-0.2, 0) is 11.2 Å². The molecule has 1 aromatic carbocycles. The lowest BCUT2D eigenvalue weighted by atomic mass is 10.1. The van der Waals surface area contributed by atoms with Crippen LogP contribution in [0.25, 0.3) is 10.9 Å². The molecule has 92 valence electrons. The molecule has 1 aromatic heterocycles. The third-order valence-electron chi connectivity index (χ3n) is 2.72. The van der Waals surface area contributed by atoms with Gasteiger partial charge in [-0.3, -0.25) is 4.79 Å². The first-order valence-electron chi connectivity index (χ1n) is 5.22. The van der Waals surface area contributed by atoms with Gasteiger partial charge >= 0.3 is 5.97 Å². The standard InChI is InChI=1S/C12H14N2O2.ClH/c13-10(12(15)16)6-5-8-7-14-11-4-2-1-3-9(8)11;/h1-4,7,10,14H,5-6,13H2,(H,15,16);1H/t10-;/m0./s1. The predicted molar refractivity (Wildman–Crippen MR) is 69.5 cm³/mol. The van der Waals surface area contributed by atoms with Crippen molar-refractivity contribution in [1.29, 1.82) is 0 Å². The van der Waals surface area contributed by atoms with Crippen LogP contribution in [0.15, 0.2) is 30.5 Å². The summed E-state index contributed by atoms with van der Waals surface area (Å²) in [7, 11) is 0. The lowest BCUT2D eigenvalue weighted by molar-refractivity contribution is -0.138. The normalized spacial score (nSPS) is 12.1. The molecule has 17 heavy (non-hydrogen) atoms. The smallest absolute Gasteiger partial charge is 0.320 e. The maximum absolute atomic E-state index is 10.6. The number of aryl methyl sites for hydroxylation is 1. The van der Waals surface area contributed by atoms with Gasteiger partial charge in [-0.15, -0.1) is 12.4 Å². The molecule has 0 spiro atoms. The van der Waals surface area contributed by atoms with E-state index in [1.165, 1.54) is 0 Å². The van der Waals surface area contributed by atoms with E-state index in [1.807, 2.05) is 30.5 Å². The Balaban J connectivity index is 0.00000144. The molecule has 0 aliphatic rings. The lowest BCUT2D eigenvalue weighted by Gasteiger charge is -2.04. The number of hydrogen-bond acceptors (Lipinski definition) is 2. The minimum absolute atomic E-state index is 0. The number of H-pyrrole nitrogens is 1. The van der Waals surface area contributed by atoms with Crippen molar-refractivity contribution in [2.75, 3.05) is 0 Å². The highest BCUT2D eigenvalue weighted by molar-refractivity contribution is 5.85. The van der Waals surface area contributed by atoms with E-state index in [4.69, 9.17) is 10.8 Å². The number of carboxylic acids is 1. The highest BCUT2D eigenvalue weighted by atomic mass is 35.5. The van der Waals surface area contributed by atoms with Crippen LogP contribution in [0.4, 0.5) is 0 Å². The summed E-state index contributed by atoms with van der Waals surface area (Å²) in [6.45, 7) is 0. The number of hydrogen-bond donors (Lipinski definition) is 3. The zero-order chi connectivity index (χ0) is 11.5. The van der Waals surface area contributed by atoms with Gasteiger partial charge in [0.05, 0.1) is 0 Å². The van der Waals surface area contributed by atoms with Crippen LogP contribution in [0.5, 0.6) is 0 Å². The van der Waals surface area contributed by atoms with Crippen LogP contribution in [0.3, 0.4) is 0 Å². The number of aliphatic carboxylic acids is 1. The molecule has 0 unspecified atom stereocenters. The number of aromatic amines is 1. The first kappa shape index (κ1) is 13.5. The number of fused-ring (bicyclic) bond motifs is 1. The Morgan fingerprint density at radius 2 is 2.12 bits per heavy atom. The largest absolute Gasteiger partial charge is 0.480 e. The molecule has 0 aliphatic carbocycles. The van der Waals surface area contributed by atoms with Crippen molar-refractivity contribution in [2.45, 2.75) is 18.9 Å². The van der Waals surface area contributed by atoms with Gasteiger partial charge in [-0.05, 0) is 24.5 Å². The summed E-state index contributed by atoms with van der Waals surface area (Å²) in [6, 6.07) is 7.17. The molecule has 5 heteroatoms. The van der Waals surface area contributed by atoms with Crippen molar-refractivity contribution in [3.63, 3.8) is 0 Å². The van der Waals surface area contributed by atoms with E-state index in [0.29, 0.717) is 12.8 Å². The van der Waals surface area contributed by atoms with Crippen molar-refractivity contribution in [3.05, 3.63) is 36.0 Å². The Morgan fingerprint density at radius 1 is 1.41 bits per heavy atom. The van der Waals surface area contributed by atoms with Crippen LogP contribution >= 0.6 is 12.4 Å². The Hall–Kier alpha value is -1.52. The van der Waals surface area contributed by atoms with Gasteiger partial charge in [-0.25, -0.2) is 0 Å². The highest BCUT2D eigenvalue weighted by Crippen LogP contribution is 2.19. The summed E-state index contributed by atoms with van der Waals surface area (Å²) in [6.07, 6.45) is 3.05. The molecule has 0 saturated heterocycles. The maximum atomic E-state index is 10.6. The minimum atomic E-state index is -0.945. The Morgan fingerprint density at radius 3 is 2.82 bits per heavy atom. The Kier molecular flexibility index (Phi) is 4.54. The number of rotatable bonds is 4. The average molecular weight is 255 g/mol. The van der Waals surface area contributed by atoms with Crippen molar-refractivity contribution < 1.29 is 9.90 Å². The van der Waals surface area contributed by atoms with Crippen molar-refractivity contribution in [3.8, 4) is 0 Å². The molecule has 4 N–H and O–H groups in total. The topological polar surface area (TPSA) is 79.1 Å². The van der Waals surface area contributed by atoms with E-state index < -0.39 is 12.0 Å². The number of nitrogens with two attached hydrogens (primary N) is 1. The van der Waals surface area contributed by atoms with Gasteiger partial charge in [-0.1, -0.05) is 18.2 Å². The molecular weight excluding hydrogens is 240 g/mol. The summed E-state index contributed by atoms with van der Waals surface area (Å²) in [5.41, 5.74) is 7.66. The SMILES string of the molecule is Cl.N[C@@H](CCc1c[nH]c2ccccc12)C(=O)O. The number of benzene rings is 1. The first-order valence-corrected chi connectivity index (χ1v) is 5.22. The van der Waals surface area contributed by atoms with Gasteiger partial charge in [0.15, 0.2) is 0 Å². The van der Waals surface area contributed by atoms with Crippen molar-refractivity contribution in [2.24, 2.45) is 5.73 Å². The molecule has 2 aromatic rings. The maximum Gasteiger partial charge on any atom is 0.320 e. The molecule has 0 aliphatic heterocycles. The van der Waals surface area contributed by atoms with E-state index in [1.54, 1.807) is 0 Å². The average Bonchev–Trinajstić information content (AvgIpc) is 2.69. The van der Waals surface area contributed by atoms with Crippen LogP contribution < -0.4 is 5.73 Å². The van der Waals surface area contributed by atoms with Crippen LogP contribution in [0.1, 0.15) is 12.0 Å². The van der Waals surface area contributed by atoms with Gasteiger partial charge in [0.25, 0.3) is 0 Å². The van der Waals surface area contributed by atoms with Gasteiger partial charge < -0.3 is 15.8 Å². The lowest BCUT2D eigenvalue weighted by Crippen LogP contribution is -2.30. The summed E-state index contributed by atoms with van der Waals surface area (Å²) >= 11 is 0. The van der Waals surface area contributed by atoms with Gasteiger partial charge in [0.1, 0.15) is 6.04 Å². The Labute approximate surface area is 105 Å². The number of carboxylic acid groups (broad SMARTS) is 1. The van der Waals surface area contributed by atoms with E-state index in [2.05, 4.69) is 4.98 Å². The molecule has 0 bridgehead atoms. The van der Waals surface area contributed by atoms with E-state index in [9.17, 15) is 4.79 Å². The molecule has 1 heterocycles. The van der Waals surface area contributed by atoms with Crippen LogP contribution in [0.2, 0.25) is 0 Å². The monoisotopic (exact) mass is 254 g/mol.